The molecule has 2 saturated carbocycles. The molecule has 4 N–H and O–H groups in total. The van der Waals surface area contributed by atoms with Gasteiger partial charge in [-0.1, -0.05) is 59.3 Å². The van der Waals surface area contributed by atoms with Gasteiger partial charge in [0.15, 0.2) is 11.2 Å². The molecular weight excluding hydrogens is 766 g/mol. The monoisotopic (exact) mass is 802 g/mol. The molecule has 8 rings (SSSR count). The van der Waals surface area contributed by atoms with E-state index in [-0.39, 0.29) is 62.4 Å². The Morgan fingerprint density at radius 3 is 1.54 bits per heavy atom. The molecule has 4 aliphatic rings. The Hall–Kier alpha value is -3.77. The number of hydrogen-bond acceptors (Lipinski definition) is 13. The van der Waals surface area contributed by atoms with Gasteiger partial charge in [-0.25, -0.2) is 9.36 Å². The minimum Gasteiger partial charge on any atom is -0.389 e. The van der Waals surface area contributed by atoms with Gasteiger partial charge >= 0.3 is 8.25 Å². The zero-order valence-electron chi connectivity index (χ0n) is 28.7. The number of carbonyl (C=O) groups excluding carboxylic acids is 2. The summed E-state index contributed by atoms with van der Waals surface area (Å²) >= 11 is 12.4. The van der Waals surface area contributed by atoms with Crippen LogP contribution in [0.3, 0.4) is 0 Å². The third kappa shape index (κ3) is 6.97. The fraction of sp³-hybridized carbons (Fsp3) is 0.471. The molecule has 2 fully saturated rings. The number of nitrogens with zero attached hydrogens (tertiary/aromatic N) is 8. The Morgan fingerprint density at radius 2 is 1.15 bits per heavy atom. The quantitative estimate of drug-likeness (QED) is 0.120. The van der Waals surface area contributed by atoms with Gasteiger partial charge < -0.3 is 30.2 Å². The molecular formula is C34H37Cl2N8O9P. The molecule has 54 heavy (non-hydrogen) atoms. The standard InChI is InChI=1S/C34H37Cl2N8O9P/c35-21-5-7-27-25(11-21)33(49,29(45)9-19-1-2-19)31(47)43(27)15-23-13-41(39-37-23)17-52-54(51)53-18-42-14-24(38-40-42)16-44-28-8-6-22(36)12-26(28)34(50,32(44)48)30(46)10-20-3-4-20/h5-8,11-14,19-20,29-30,45-46,49-50,54H,1-4,9-10,15-18H2. The molecule has 286 valence electrons. The first-order valence-electron chi connectivity index (χ1n) is 17.5. The highest BCUT2D eigenvalue weighted by Gasteiger charge is 2.56. The lowest BCUT2D eigenvalue weighted by molar-refractivity contribution is -0.151. The van der Waals surface area contributed by atoms with Crippen LogP contribution in [-0.2, 0) is 61.0 Å². The number of carbonyl (C=O) groups is 2. The smallest absolute Gasteiger partial charge is 0.322 e. The van der Waals surface area contributed by atoms with Crippen LogP contribution in [-0.4, -0.2) is 74.4 Å². The van der Waals surface area contributed by atoms with Crippen molar-refractivity contribution in [3.63, 3.8) is 0 Å². The maximum atomic E-state index is 13.6. The van der Waals surface area contributed by atoms with Crippen molar-refractivity contribution < 1.29 is 43.6 Å². The highest BCUT2D eigenvalue weighted by molar-refractivity contribution is 7.33. The summed E-state index contributed by atoms with van der Waals surface area (Å²) in [5.74, 6) is -0.878. The number of aliphatic hydroxyl groups is 4. The average Bonchev–Trinajstić information content (AvgIpc) is 4.03. The summed E-state index contributed by atoms with van der Waals surface area (Å²) in [6.07, 6.45) is 4.67. The number of fused-ring (bicyclic) bond motifs is 2. The van der Waals surface area contributed by atoms with Crippen LogP contribution in [0.1, 0.15) is 61.0 Å². The van der Waals surface area contributed by atoms with Crippen molar-refractivity contribution in [1.82, 2.24) is 30.0 Å². The Balaban J connectivity index is 0.852. The van der Waals surface area contributed by atoms with Gasteiger partial charge in [-0.2, -0.15) is 0 Å². The third-order valence-corrected chi connectivity index (χ3v) is 11.6. The molecule has 0 spiro atoms. The first-order valence-corrected chi connectivity index (χ1v) is 19.4. The maximum absolute atomic E-state index is 13.6. The van der Waals surface area contributed by atoms with E-state index < -0.39 is 43.5 Å². The molecule has 0 bridgehead atoms. The second-order valence-electron chi connectivity index (χ2n) is 14.3. The topological polar surface area (TPSA) is 218 Å². The van der Waals surface area contributed by atoms with Gasteiger partial charge in [0.25, 0.3) is 11.8 Å². The molecule has 2 aromatic heterocycles. The van der Waals surface area contributed by atoms with Crippen molar-refractivity contribution in [2.24, 2.45) is 11.8 Å². The zero-order chi connectivity index (χ0) is 37.9. The number of amides is 2. The summed E-state index contributed by atoms with van der Waals surface area (Å²) in [7, 11) is -3.08. The summed E-state index contributed by atoms with van der Waals surface area (Å²) in [4.78, 5) is 29.8. The van der Waals surface area contributed by atoms with Crippen molar-refractivity contribution in [2.45, 2.75) is 88.5 Å². The molecule has 2 amide bonds. The van der Waals surface area contributed by atoms with E-state index in [2.05, 4.69) is 20.6 Å². The van der Waals surface area contributed by atoms with Crippen molar-refractivity contribution in [2.75, 3.05) is 9.80 Å². The van der Waals surface area contributed by atoms with E-state index in [4.69, 9.17) is 32.2 Å². The average molecular weight is 804 g/mol. The predicted molar refractivity (Wildman–Crippen MR) is 191 cm³/mol. The lowest BCUT2D eigenvalue weighted by Gasteiger charge is -2.28. The number of aliphatic hydroxyl groups excluding tert-OH is 2. The molecule has 0 saturated heterocycles. The first-order chi connectivity index (χ1) is 25.8. The van der Waals surface area contributed by atoms with E-state index in [0.717, 1.165) is 25.7 Å². The fourth-order valence-corrected chi connectivity index (χ4v) is 8.05. The Morgan fingerprint density at radius 1 is 0.741 bits per heavy atom. The van der Waals surface area contributed by atoms with E-state index in [9.17, 15) is 34.6 Å². The minimum atomic E-state index is -3.08. The van der Waals surface area contributed by atoms with Crippen LogP contribution in [0.2, 0.25) is 10.0 Å². The lowest BCUT2D eigenvalue weighted by atomic mass is 9.86. The molecule has 17 nitrogen and oxygen atoms in total. The van der Waals surface area contributed by atoms with Crippen LogP contribution in [0.25, 0.3) is 0 Å². The number of benzene rings is 2. The molecule has 4 aromatic rings. The van der Waals surface area contributed by atoms with Crippen molar-refractivity contribution in [3.8, 4) is 0 Å². The summed E-state index contributed by atoms with van der Waals surface area (Å²) in [6, 6.07) is 9.37. The highest BCUT2D eigenvalue weighted by Crippen LogP contribution is 2.49. The molecule has 2 aromatic carbocycles. The third-order valence-electron chi connectivity index (χ3n) is 10.4. The molecule has 0 radical (unpaired) electrons. The number of halogens is 2. The van der Waals surface area contributed by atoms with E-state index in [0.29, 0.717) is 32.8 Å². The normalized spacial score (nSPS) is 23.9. The second kappa shape index (κ2) is 14.4. The lowest BCUT2D eigenvalue weighted by Crippen LogP contribution is -2.48. The zero-order valence-corrected chi connectivity index (χ0v) is 31.2. The SMILES string of the molecule is O=C1N(Cc2cn(CO[PH](=O)OCn3cc(CN4C(=O)C(O)(C(O)CC5CC5)c5cc(Cl)ccc54)nn3)nn2)c2ccc(Cl)cc2C1(O)C(O)CC1CC1. The summed E-state index contributed by atoms with van der Waals surface area (Å²) in [5.41, 5.74) is -2.39. The largest absolute Gasteiger partial charge is 0.389 e. The minimum absolute atomic E-state index is 0.0745. The molecule has 2 aliphatic carbocycles. The number of anilines is 2. The first kappa shape index (κ1) is 37.2. The summed E-state index contributed by atoms with van der Waals surface area (Å²) in [6.45, 7) is -0.745. The van der Waals surface area contributed by atoms with Crippen LogP contribution >= 0.6 is 31.5 Å². The predicted octanol–water partition coefficient (Wildman–Crippen LogP) is 3.01. The molecule has 2 aliphatic heterocycles. The van der Waals surface area contributed by atoms with Gasteiger partial charge in [-0.05, 0) is 61.1 Å². The van der Waals surface area contributed by atoms with Crippen LogP contribution in [0.4, 0.5) is 11.4 Å². The van der Waals surface area contributed by atoms with Crippen molar-refractivity contribution in [1.29, 1.82) is 0 Å². The van der Waals surface area contributed by atoms with Crippen LogP contribution in [0, 0.1) is 11.8 Å². The van der Waals surface area contributed by atoms with Gasteiger partial charge in [0.05, 0.1) is 49.1 Å². The number of rotatable bonds is 16. The van der Waals surface area contributed by atoms with Gasteiger partial charge in [0.2, 0.25) is 0 Å². The summed E-state index contributed by atoms with van der Waals surface area (Å²) in [5, 5.41) is 61.7. The Bertz CT molecular complexity index is 1980. The van der Waals surface area contributed by atoms with Crippen LogP contribution in [0.15, 0.2) is 48.8 Å². The van der Waals surface area contributed by atoms with Gasteiger partial charge in [-0.3, -0.25) is 23.2 Å². The second-order valence-corrected chi connectivity index (χ2v) is 16.3. The fourth-order valence-electron chi connectivity index (χ4n) is 7.15. The highest BCUT2D eigenvalue weighted by atomic mass is 35.5. The van der Waals surface area contributed by atoms with E-state index in [1.54, 1.807) is 24.3 Å². The van der Waals surface area contributed by atoms with E-state index >= 15 is 0 Å². The van der Waals surface area contributed by atoms with Crippen molar-refractivity contribution in [3.05, 3.63) is 81.4 Å². The number of hydrogen-bond donors (Lipinski definition) is 4. The molecule has 4 heterocycles. The molecule has 4 unspecified atom stereocenters. The molecule has 20 heteroatoms. The van der Waals surface area contributed by atoms with Gasteiger partial charge in [0, 0.05) is 21.2 Å². The maximum Gasteiger partial charge on any atom is 0.322 e. The molecule has 4 atom stereocenters. The summed E-state index contributed by atoms with van der Waals surface area (Å²) < 4.78 is 25.8. The van der Waals surface area contributed by atoms with Gasteiger partial charge in [-0.15, -0.1) is 10.2 Å². The van der Waals surface area contributed by atoms with E-state index in [1.807, 2.05) is 0 Å². The van der Waals surface area contributed by atoms with Crippen LogP contribution in [0.5, 0.6) is 0 Å². The number of aromatic nitrogens is 6. The Kier molecular flexibility index (Phi) is 9.90. The van der Waals surface area contributed by atoms with Gasteiger partial charge in [0.1, 0.15) is 24.8 Å². The van der Waals surface area contributed by atoms with Crippen molar-refractivity contribution >= 4 is 54.6 Å². The van der Waals surface area contributed by atoms with E-state index in [1.165, 1.54) is 43.7 Å². The Labute approximate surface area is 318 Å². The van der Waals surface area contributed by atoms with Crippen LogP contribution < -0.4 is 9.80 Å².